The minimum atomic E-state index is -0.856. The van der Waals surface area contributed by atoms with Gasteiger partial charge in [0.2, 0.25) is 5.88 Å². The summed E-state index contributed by atoms with van der Waals surface area (Å²) < 4.78 is 4.96. The van der Waals surface area contributed by atoms with E-state index in [1.807, 2.05) is 13.8 Å². The minimum Gasteiger partial charge on any atom is -0.481 e. The predicted octanol–water partition coefficient (Wildman–Crippen LogP) is 1.91. The molecule has 0 aliphatic rings. The van der Waals surface area contributed by atoms with Crippen LogP contribution in [0, 0.1) is 5.92 Å². The van der Waals surface area contributed by atoms with Crippen molar-refractivity contribution in [2.45, 2.75) is 19.8 Å². The largest absolute Gasteiger partial charge is 0.481 e. The molecule has 0 radical (unpaired) electrons. The van der Waals surface area contributed by atoms with E-state index >= 15 is 0 Å². The molecule has 0 aliphatic heterocycles. The Morgan fingerprint density at radius 1 is 1.47 bits per heavy atom. The molecule has 1 N–H and O–H groups in total. The quantitative estimate of drug-likeness (QED) is 0.822. The van der Waals surface area contributed by atoms with Gasteiger partial charge in [-0.2, -0.15) is 0 Å². The number of carboxylic acids is 1. The molecule has 1 rings (SSSR count). The number of methoxy groups -OCH3 is 1. The number of aliphatic carboxylic acids is 1. The van der Waals surface area contributed by atoms with E-state index in [-0.39, 0.29) is 5.92 Å². The Bertz CT molecular complexity index is 349. The third-order valence-electron chi connectivity index (χ3n) is 2.21. The topological polar surface area (TPSA) is 59.4 Å². The maximum Gasteiger partial charge on any atom is 0.312 e. The summed E-state index contributed by atoms with van der Waals surface area (Å²) in [5.41, 5.74) is 0.539. The molecule has 1 unspecified atom stereocenters. The summed E-state index contributed by atoms with van der Waals surface area (Å²) in [5.74, 6) is -0.993. The van der Waals surface area contributed by atoms with E-state index in [2.05, 4.69) is 4.98 Å². The van der Waals surface area contributed by atoms with E-state index in [0.29, 0.717) is 11.6 Å². The number of hydrogen-bond acceptors (Lipinski definition) is 3. The van der Waals surface area contributed by atoms with Crippen molar-refractivity contribution in [3.05, 3.63) is 23.9 Å². The second-order valence-electron chi connectivity index (χ2n) is 3.66. The summed E-state index contributed by atoms with van der Waals surface area (Å²) in [6, 6.07) is 5.16. The summed E-state index contributed by atoms with van der Waals surface area (Å²) >= 11 is 0. The van der Waals surface area contributed by atoms with Crippen molar-refractivity contribution in [3.8, 4) is 5.88 Å². The van der Waals surface area contributed by atoms with Gasteiger partial charge >= 0.3 is 5.97 Å². The highest BCUT2D eigenvalue weighted by molar-refractivity contribution is 5.75. The van der Waals surface area contributed by atoms with Crippen molar-refractivity contribution >= 4 is 5.97 Å². The fraction of sp³-hybridized carbons (Fsp3) is 0.455. The van der Waals surface area contributed by atoms with E-state index in [4.69, 9.17) is 9.84 Å². The number of aromatic nitrogens is 1. The fourth-order valence-electron chi connectivity index (χ4n) is 1.47. The van der Waals surface area contributed by atoms with Gasteiger partial charge in [-0.25, -0.2) is 4.98 Å². The van der Waals surface area contributed by atoms with Gasteiger partial charge in [-0.1, -0.05) is 19.9 Å². The first-order valence-corrected chi connectivity index (χ1v) is 4.80. The zero-order valence-corrected chi connectivity index (χ0v) is 9.10. The second kappa shape index (κ2) is 4.77. The van der Waals surface area contributed by atoms with Crippen LogP contribution in [0.1, 0.15) is 25.5 Å². The van der Waals surface area contributed by atoms with Gasteiger partial charge in [0.15, 0.2) is 0 Å². The Morgan fingerprint density at radius 2 is 2.13 bits per heavy atom. The monoisotopic (exact) mass is 209 g/mol. The molecule has 82 valence electrons. The highest BCUT2D eigenvalue weighted by atomic mass is 16.5. The molecule has 0 saturated carbocycles. The lowest BCUT2D eigenvalue weighted by Gasteiger charge is -2.15. The van der Waals surface area contributed by atoms with Gasteiger partial charge < -0.3 is 9.84 Å². The van der Waals surface area contributed by atoms with Crippen LogP contribution in [-0.4, -0.2) is 23.2 Å². The lowest BCUT2D eigenvalue weighted by molar-refractivity contribution is -0.140. The number of hydrogen-bond donors (Lipinski definition) is 1. The normalized spacial score (nSPS) is 12.5. The molecule has 1 heterocycles. The van der Waals surface area contributed by atoms with Gasteiger partial charge in [0.1, 0.15) is 5.92 Å². The molecule has 0 saturated heterocycles. The first kappa shape index (κ1) is 11.5. The summed E-state index contributed by atoms with van der Waals surface area (Å²) in [6.45, 7) is 3.72. The van der Waals surface area contributed by atoms with Crippen LogP contribution in [0.4, 0.5) is 0 Å². The molecule has 0 aromatic carbocycles. The number of nitrogens with zero attached hydrogens (tertiary/aromatic N) is 1. The summed E-state index contributed by atoms with van der Waals surface area (Å²) in [4.78, 5) is 15.2. The zero-order chi connectivity index (χ0) is 11.4. The van der Waals surface area contributed by atoms with Gasteiger partial charge in [-0.05, 0) is 12.0 Å². The highest BCUT2D eigenvalue weighted by Crippen LogP contribution is 2.24. The number of ether oxygens (including phenoxy) is 1. The standard InChI is InChI=1S/C11H15NO3/c1-7(2)10(11(13)14)8-5-4-6-9(12-8)15-3/h4-7,10H,1-3H3,(H,13,14). The number of carbonyl (C=O) groups is 1. The summed E-state index contributed by atoms with van der Waals surface area (Å²) in [6.07, 6.45) is 0. The molecule has 0 fully saturated rings. The highest BCUT2D eigenvalue weighted by Gasteiger charge is 2.25. The van der Waals surface area contributed by atoms with Crippen LogP contribution in [0.5, 0.6) is 5.88 Å². The molecule has 1 aromatic heterocycles. The maximum atomic E-state index is 11.1. The van der Waals surface area contributed by atoms with Crippen molar-refractivity contribution in [2.24, 2.45) is 5.92 Å². The SMILES string of the molecule is COc1cccc(C(C(=O)O)C(C)C)n1. The van der Waals surface area contributed by atoms with Gasteiger partial charge in [0.05, 0.1) is 12.8 Å². The van der Waals surface area contributed by atoms with Crippen molar-refractivity contribution in [2.75, 3.05) is 7.11 Å². The van der Waals surface area contributed by atoms with E-state index < -0.39 is 11.9 Å². The third kappa shape index (κ3) is 2.68. The van der Waals surface area contributed by atoms with E-state index in [1.54, 1.807) is 18.2 Å². The Balaban J connectivity index is 3.05. The van der Waals surface area contributed by atoms with Gasteiger partial charge in [0.25, 0.3) is 0 Å². The lowest BCUT2D eigenvalue weighted by Crippen LogP contribution is -2.18. The zero-order valence-electron chi connectivity index (χ0n) is 9.10. The van der Waals surface area contributed by atoms with Crippen molar-refractivity contribution in [1.82, 2.24) is 4.98 Å². The molecule has 4 nitrogen and oxygen atoms in total. The lowest BCUT2D eigenvalue weighted by atomic mass is 9.92. The van der Waals surface area contributed by atoms with Gasteiger partial charge in [-0.3, -0.25) is 4.79 Å². The molecule has 1 aromatic rings. The average Bonchev–Trinajstić information content (AvgIpc) is 2.17. The molecule has 4 heteroatoms. The third-order valence-corrected chi connectivity index (χ3v) is 2.21. The Labute approximate surface area is 88.9 Å². The second-order valence-corrected chi connectivity index (χ2v) is 3.66. The van der Waals surface area contributed by atoms with Crippen LogP contribution < -0.4 is 4.74 Å². The van der Waals surface area contributed by atoms with Crippen molar-refractivity contribution in [3.63, 3.8) is 0 Å². The van der Waals surface area contributed by atoms with Crippen LogP contribution >= 0.6 is 0 Å². The Morgan fingerprint density at radius 3 is 2.60 bits per heavy atom. The Hall–Kier alpha value is -1.58. The molecular formula is C11H15NO3. The fourth-order valence-corrected chi connectivity index (χ4v) is 1.47. The Kier molecular flexibility index (Phi) is 3.66. The molecule has 0 aliphatic carbocycles. The first-order valence-electron chi connectivity index (χ1n) is 4.80. The first-order chi connectivity index (χ1) is 7.06. The van der Waals surface area contributed by atoms with E-state index in [1.165, 1.54) is 7.11 Å². The number of carboxylic acid groups (broad SMARTS) is 1. The van der Waals surface area contributed by atoms with Crippen molar-refractivity contribution in [1.29, 1.82) is 0 Å². The summed E-state index contributed by atoms with van der Waals surface area (Å²) in [7, 11) is 1.51. The predicted molar refractivity (Wildman–Crippen MR) is 56.0 cm³/mol. The van der Waals surface area contributed by atoms with Crippen LogP contribution in [-0.2, 0) is 4.79 Å². The number of rotatable bonds is 4. The van der Waals surface area contributed by atoms with Crippen LogP contribution in [0.25, 0.3) is 0 Å². The maximum absolute atomic E-state index is 11.1. The minimum absolute atomic E-state index is 0.00195. The van der Waals surface area contributed by atoms with Gasteiger partial charge in [-0.15, -0.1) is 0 Å². The molecule has 0 spiro atoms. The van der Waals surface area contributed by atoms with E-state index in [0.717, 1.165) is 0 Å². The average molecular weight is 209 g/mol. The molecule has 0 amide bonds. The van der Waals surface area contributed by atoms with Crippen molar-refractivity contribution < 1.29 is 14.6 Å². The number of pyridine rings is 1. The molecular weight excluding hydrogens is 194 g/mol. The van der Waals surface area contributed by atoms with E-state index in [9.17, 15) is 4.79 Å². The van der Waals surface area contributed by atoms with Crippen LogP contribution in [0.3, 0.4) is 0 Å². The molecule has 0 bridgehead atoms. The smallest absolute Gasteiger partial charge is 0.312 e. The van der Waals surface area contributed by atoms with Crippen LogP contribution in [0.2, 0.25) is 0 Å². The summed E-state index contributed by atoms with van der Waals surface area (Å²) in [5, 5.41) is 9.08. The van der Waals surface area contributed by atoms with Crippen LogP contribution in [0.15, 0.2) is 18.2 Å². The molecule has 1 atom stereocenters. The van der Waals surface area contributed by atoms with Gasteiger partial charge in [0, 0.05) is 6.07 Å². The molecule has 15 heavy (non-hydrogen) atoms.